The Hall–Kier alpha value is -1.03. The summed E-state index contributed by atoms with van der Waals surface area (Å²) in [6.07, 6.45) is 5.37. The third-order valence-electron chi connectivity index (χ3n) is 1.94. The lowest BCUT2D eigenvalue weighted by Crippen LogP contribution is -2.30. The number of nitrogens with one attached hydrogen (secondary N) is 1. The van der Waals surface area contributed by atoms with Gasteiger partial charge in [0.25, 0.3) is 0 Å². The Morgan fingerprint density at radius 1 is 1.57 bits per heavy atom. The number of nitrogens with zero attached hydrogens (tertiary/aromatic N) is 1. The number of hydrogen-bond donors (Lipinski definition) is 1. The topological polar surface area (TPSA) is 42.0 Å². The van der Waals surface area contributed by atoms with Crippen LogP contribution in [0.4, 0.5) is 0 Å². The minimum absolute atomic E-state index is 0.0110. The van der Waals surface area contributed by atoms with Gasteiger partial charge in [-0.3, -0.25) is 9.78 Å². The van der Waals surface area contributed by atoms with Crippen molar-refractivity contribution in [1.82, 2.24) is 10.3 Å². The first-order valence-corrected chi connectivity index (χ1v) is 5.72. The molecule has 1 N–H and O–H groups in total. The minimum atomic E-state index is 0.0110. The van der Waals surface area contributed by atoms with Crippen molar-refractivity contribution >= 4 is 17.7 Å². The van der Waals surface area contributed by atoms with E-state index in [0.29, 0.717) is 6.54 Å². The van der Waals surface area contributed by atoms with Crippen LogP contribution in [0.25, 0.3) is 0 Å². The maximum atomic E-state index is 11.4. The first kappa shape index (κ1) is 11.0. The van der Waals surface area contributed by atoms with Gasteiger partial charge in [0.1, 0.15) is 0 Å². The summed E-state index contributed by atoms with van der Waals surface area (Å²) in [6.45, 7) is 2.47. The second-order valence-corrected chi connectivity index (χ2v) is 4.13. The normalized spacial score (nSPS) is 12.1. The lowest BCUT2D eigenvalue weighted by molar-refractivity contribution is -0.120. The van der Waals surface area contributed by atoms with Crippen molar-refractivity contribution < 1.29 is 4.79 Å². The van der Waals surface area contributed by atoms with Crippen molar-refractivity contribution in [1.29, 1.82) is 0 Å². The number of carbonyl (C=O) groups excluding carboxylic acids is 1. The summed E-state index contributed by atoms with van der Waals surface area (Å²) in [5, 5.41) is 2.87. The predicted molar refractivity (Wildman–Crippen MR) is 59.1 cm³/mol. The van der Waals surface area contributed by atoms with Crippen LogP contribution in [0.2, 0.25) is 0 Å². The van der Waals surface area contributed by atoms with Crippen LogP contribution in [0.3, 0.4) is 0 Å². The fraction of sp³-hybridized carbons (Fsp3) is 0.400. The van der Waals surface area contributed by atoms with Crippen molar-refractivity contribution in [3.05, 3.63) is 30.1 Å². The van der Waals surface area contributed by atoms with Crippen molar-refractivity contribution in [2.24, 2.45) is 0 Å². The van der Waals surface area contributed by atoms with Gasteiger partial charge in [-0.25, -0.2) is 0 Å². The fourth-order valence-electron chi connectivity index (χ4n) is 0.941. The summed E-state index contributed by atoms with van der Waals surface area (Å²) in [7, 11) is 0. The Bertz CT molecular complexity index is 289. The van der Waals surface area contributed by atoms with Crippen molar-refractivity contribution in [3.63, 3.8) is 0 Å². The second kappa shape index (κ2) is 5.65. The summed E-state index contributed by atoms with van der Waals surface area (Å²) in [5.41, 5.74) is 1.07. The Balaban J connectivity index is 2.38. The second-order valence-electron chi connectivity index (χ2n) is 2.95. The van der Waals surface area contributed by atoms with E-state index in [1.165, 1.54) is 0 Å². The van der Waals surface area contributed by atoms with Crippen LogP contribution in [0.15, 0.2) is 24.5 Å². The molecule has 4 heteroatoms. The first-order chi connectivity index (χ1) is 6.74. The summed E-state index contributed by atoms with van der Waals surface area (Å²) in [5.74, 6) is 0.0781. The first-order valence-electron chi connectivity index (χ1n) is 4.43. The zero-order valence-corrected chi connectivity index (χ0v) is 9.17. The zero-order valence-electron chi connectivity index (χ0n) is 8.36. The molecule has 14 heavy (non-hydrogen) atoms. The largest absolute Gasteiger partial charge is 0.351 e. The highest BCUT2D eigenvalue weighted by molar-refractivity contribution is 7.99. The molecule has 0 aliphatic heterocycles. The van der Waals surface area contributed by atoms with Crippen LogP contribution in [0.1, 0.15) is 12.5 Å². The number of hydrogen-bond acceptors (Lipinski definition) is 3. The van der Waals surface area contributed by atoms with Gasteiger partial charge in [-0.15, -0.1) is 0 Å². The van der Waals surface area contributed by atoms with E-state index in [-0.39, 0.29) is 11.2 Å². The monoisotopic (exact) mass is 210 g/mol. The van der Waals surface area contributed by atoms with Crippen LogP contribution < -0.4 is 5.32 Å². The Kier molecular flexibility index (Phi) is 4.46. The number of rotatable bonds is 4. The average Bonchev–Trinajstić information content (AvgIpc) is 2.26. The van der Waals surface area contributed by atoms with Crippen molar-refractivity contribution in [2.75, 3.05) is 6.26 Å². The number of aromatic nitrogens is 1. The molecule has 0 spiro atoms. The van der Waals surface area contributed by atoms with Gasteiger partial charge < -0.3 is 5.32 Å². The van der Waals surface area contributed by atoms with Crippen LogP contribution in [0.5, 0.6) is 0 Å². The van der Waals surface area contributed by atoms with E-state index in [1.807, 2.05) is 25.3 Å². The third kappa shape index (κ3) is 3.38. The SMILES string of the molecule is CS[C@@H](C)C(=O)NCc1ccncc1. The number of amides is 1. The number of carbonyl (C=O) groups is 1. The molecule has 0 aliphatic carbocycles. The molecule has 1 aromatic heterocycles. The van der Waals surface area contributed by atoms with E-state index in [2.05, 4.69) is 10.3 Å². The number of pyridine rings is 1. The molecule has 1 aromatic rings. The van der Waals surface area contributed by atoms with E-state index in [1.54, 1.807) is 24.2 Å². The highest BCUT2D eigenvalue weighted by Gasteiger charge is 2.09. The van der Waals surface area contributed by atoms with E-state index >= 15 is 0 Å². The molecule has 0 fully saturated rings. The third-order valence-corrected chi connectivity index (χ3v) is 2.86. The molecule has 0 radical (unpaired) electrons. The molecular weight excluding hydrogens is 196 g/mol. The van der Waals surface area contributed by atoms with Gasteiger partial charge in [-0.1, -0.05) is 0 Å². The van der Waals surface area contributed by atoms with Gasteiger partial charge in [-0.05, 0) is 30.9 Å². The van der Waals surface area contributed by atoms with E-state index in [0.717, 1.165) is 5.56 Å². The molecular formula is C10H14N2OS. The molecule has 0 aromatic carbocycles. The van der Waals surface area contributed by atoms with Gasteiger partial charge in [0.2, 0.25) is 5.91 Å². The highest BCUT2D eigenvalue weighted by atomic mass is 32.2. The molecule has 3 nitrogen and oxygen atoms in total. The molecule has 1 heterocycles. The van der Waals surface area contributed by atoms with E-state index in [9.17, 15) is 4.79 Å². The quantitative estimate of drug-likeness (QED) is 0.818. The molecule has 76 valence electrons. The maximum Gasteiger partial charge on any atom is 0.233 e. The van der Waals surface area contributed by atoms with Crippen LogP contribution in [-0.2, 0) is 11.3 Å². The Labute approximate surface area is 88.3 Å². The van der Waals surface area contributed by atoms with Gasteiger partial charge in [-0.2, -0.15) is 11.8 Å². The van der Waals surface area contributed by atoms with Crippen molar-refractivity contribution in [2.45, 2.75) is 18.7 Å². The summed E-state index contributed by atoms with van der Waals surface area (Å²) in [6, 6.07) is 3.79. The predicted octanol–water partition coefficient (Wildman–Crippen LogP) is 1.45. The molecule has 0 saturated heterocycles. The Morgan fingerprint density at radius 2 is 2.21 bits per heavy atom. The molecule has 1 amide bonds. The molecule has 1 rings (SSSR count). The smallest absolute Gasteiger partial charge is 0.233 e. The molecule has 0 saturated carbocycles. The molecule has 0 unspecified atom stereocenters. The average molecular weight is 210 g/mol. The van der Waals surface area contributed by atoms with Crippen LogP contribution in [-0.4, -0.2) is 22.4 Å². The van der Waals surface area contributed by atoms with Crippen LogP contribution >= 0.6 is 11.8 Å². The van der Waals surface area contributed by atoms with Gasteiger partial charge in [0, 0.05) is 18.9 Å². The van der Waals surface area contributed by atoms with Gasteiger partial charge >= 0.3 is 0 Å². The summed E-state index contributed by atoms with van der Waals surface area (Å²) in [4.78, 5) is 15.3. The highest BCUT2D eigenvalue weighted by Crippen LogP contribution is 2.05. The van der Waals surface area contributed by atoms with E-state index < -0.39 is 0 Å². The van der Waals surface area contributed by atoms with E-state index in [4.69, 9.17) is 0 Å². The van der Waals surface area contributed by atoms with Gasteiger partial charge in [0.15, 0.2) is 0 Å². The minimum Gasteiger partial charge on any atom is -0.351 e. The number of thioether (sulfide) groups is 1. The van der Waals surface area contributed by atoms with Crippen molar-refractivity contribution in [3.8, 4) is 0 Å². The molecule has 0 bridgehead atoms. The fourth-order valence-corrected chi connectivity index (χ4v) is 1.24. The zero-order chi connectivity index (χ0) is 10.4. The summed E-state index contributed by atoms with van der Waals surface area (Å²) >= 11 is 1.54. The molecule has 1 atom stereocenters. The van der Waals surface area contributed by atoms with Gasteiger partial charge in [0.05, 0.1) is 5.25 Å². The lowest BCUT2D eigenvalue weighted by Gasteiger charge is -2.09. The lowest BCUT2D eigenvalue weighted by atomic mass is 10.2. The summed E-state index contributed by atoms with van der Waals surface area (Å²) < 4.78 is 0. The van der Waals surface area contributed by atoms with Crippen LogP contribution in [0, 0.1) is 0 Å². The Morgan fingerprint density at radius 3 is 2.79 bits per heavy atom. The molecule has 0 aliphatic rings. The standard InChI is InChI=1S/C10H14N2OS/c1-8(14-2)10(13)12-7-9-3-5-11-6-4-9/h3-6,8H,7H2,1-2H3,(H,12,13)/t8-/m0/s1. The maximum absolute atomic E-state index is 11.4.